The zero-order chi connectivity index (χ0) is 14.7. The van der Waals surface area contributed by atoms with E-state index in [9.17, 15) is 4.79 Å². The Kier molecular flexibility index (Phi) is 3.88. The summed E-state index contributed by atoms with van der Waals surface area (Å²) in [4.78, 5) is 11.6. The largest absolute Gasteiger partial charge is 0.465 e. The van der Waals surface area contributed by atoms with Gasteiger partial charge in [0.1, 0.15) is 0 Å². The molecule has 3 rings (SSSR count). The third-order valence-electron chi connectivity index (χ3n) is 3.60. The van der Waals surface area contributed by atoms with Crippen molar-refractivity contribution in [3.05, 3.63) is 65.2 Å². The van der Waals surface area contributed by atoms with Gasteiger partial charge in [0.15, 0.2) is 0 Å². The lowest BCUT2D eigenvalue weighted by molar-refractivity contribution is 0.0601. The Labute approximate surface area is 123 Å². The third kappa shape index (κ3) is 2.90. The van der Waals surface area contributed by atoms with Crippen LogP contribution in [-0.4, -0.2) is 19.7 Å². The Balaban J connectivity index is 1.83. The molecule has 1 aliphatic rings. The number of rotatable bonds is 3. The molecule has 0 bridgehead atoms. The maximum atomic E-state index is 11.6. The molecular weight excluding hydrogens is 266 g/mol. The van der Waals surface area contributed by atoms with Gasteiger partial charge in [0, 0.05) is 5.69 Å². The van der Waals surface area contributed by atoms with Crippen molar-refractivity contribution in [3.8, 4) is 0 Å². The third-order valence-corrected chi connectivity index (χ3v) is 3.60. The molecule has 4 heteroatoms. The van der Waals surface area contributed by atoms with Crippen LogP contribution in [0.4, 0.5) is 5.69 Å². The minimum atomic E-state index is -0.334. The molecule has 0 amide bonds. The quantitative estimate of drug-likeness (QED) is 0.879. The van der Waals surface area contributed by atoms with Gasteiger partial charge in [0.25, 0.3) is 0 Å². The van der Waals surface area contributed by atoms with E-state index in [4.69, 9.17) is 9.47 Å². The summed E-state index contributed by atoms with van der Waals surface area (Å²) in [6, 6.07) is 15.6. The minimum absolute atomic E-state index is 0.0860. The van der Waals surface area contributed by atoms with Gasteiger partial charge in [0.2, 0.25) is 0 Å². The van der Waals surface area contributed by atoms with Gasteiger partial charge in [0.05, 0.1) is 31.9 Å². The van der Waals surface area contributed by atoms with Gasteiger partial charge in [-0.3, -0.25) is 0 Å². The molecule has 0 aliphatic carbocycles. The predicted octanol–water partition coefficient (Wildman–Crippen LogP) is 3.16. The summed E-state index contributed by atoms with van der Waals surface area (Å²) in [5.74, 6) is -0.334. The summed E-state index contributed by atoms with van der Waals surface area (Å²) in [6.07, 6.45) is 0. The topological polar surface area (TPSA) is 47.6 Å². The molecule has 0 saturated carbocycles. The van der Waals surface area contributed by atoms with Crippen LogP contribution in [0.2, 0.25) is 0 Å². The molecule has 2 aromatic carbocycles. The molecular formula is C17H17NO3. The highest BCUT2D eigenvalue weighted by atomic mass is 16.5. The van der Waals surface area contributed by atoms with Gasteiger partial charge < -0.3 is 14.8 Å². The number of nitrogens with one attached hydrogen (secondary N) is 1. The van der Waals surface area contributed by atoms with E-state index in [1.807, 2.05) is 24.3 Å². The van der Waals surface area contributed by atoms with Gasteiger partial charge in [-0.05, 0) is 29.3 Å². The second-order valence-electron chi connectivity index (χ2n) is 4.98. The van der Waals surface area contributed by atoms with E-state index in [0.29, 0.717) is 18.8 Å². The fraction of sp³-hybridized carbons (Fsp3) is 0.235. The average molecular weight is 283 g/mol. The van der Waals surface area contributed by atoms with Gasteiger partial charge in [-0.1, -0.05) is 30.3 Å². The van der Waals surface area contributed by atoms with Crippen molar-refractivity contribution in [3.63, 3.8) is 0 Å². The predicted molar refractivity (Wildman–Crippen MR) is 80.2 cm³/mol. The van der Waals surface area contributed by atoms with Crippen LogP contribution in [0.1, 0.15) is 27.5 Å². The number of hydrogen-bond acceptors (Lipinski definition) is 4. The van der Waals surface area contributed by atoms with Crippen LogP contribution in [0, 0.1) is 0 Å². The highest BCUT2D eigenvalue weighted by Crippen LogP contribution is 2.28. The molecule has 0 fully saturated rings. The van der Waals surface area contributed by atoms with Crippen LogP contribution >= 0.6 is 0 Å². The lowest BCUT2D eigenvalue weighted by Gasteiger charge is -2.27. The number of esters is 1. The molecule has 1 N–H and O–H groups in total. The number of carbonyl (C=O) groups is 1. The highest BCUT2D eigenvalue weighted by molar-refractivity contribution is 5.90. The lowest BCUT2D eigenvalue weighted by atomic mass is 9.99. The van der Waals surface area contributed by atoms with Crippen molar-refractivity contribution in [1.29, 1.82) is 0 Å². The summed E-state index contributed by atoms with van der Waals surface area (Å²) < 4.78 is 10.4. The zero-order valence-corrected chi connectivity index (χ0v) is 11.8. The Morgan fingerprint density at radius 1 is 1.24 bits per heavy atom. The maximum absolute atomic E-state index is 11.6. The van der Waals surface area contributed by atoms with Gasteiger partial charge in [-0.25, -0.2) is 4.79 Å². The molecule has 4 nitrogen and oxygen atoms in total. The standard InChI is InChI=1S/C17H17NO3/c1-20-17(19)12-6-4-7-14(9-12)18-16-11-21-10-13-5-2-3-8-15(13)16/h2-9,16,18H,10-11H2,1H3. The number of hydrogen-bond donors (Lipinski definition) is 1. The second kappa shape index (κ2) is 5.97. The van der Waals surface area contributed by atoms with Gasteiger partial charge >= 0.3 is 5.97 Å². The number of fused-ring (bicyclic) bond motifs is 1. The SMILES string of the molecule is COC(=O)c1cccc(NC2COCc3ccccc32)c1. The van der Waals surface area contributed by atoms with E-state index in [-0.39, 0.29) is 12.0 Å². The first-order valence-electron chi connectivity index (χ1n) is 6.88. The Morgan fingerprint density at radius 2 is 2.10 bits per heavy atom. The molecule has 0 spiro atoms. The zero-order valence-electron chi connectivity index (χ0n) is 11.8. The van der Waals surface area contributed by atoms with E-state index in [1.165, 1.54) is 18.2 Å². The number of ether oxygens (including phenoxy) is 2. The molecule has 1 heterocycles. The van der Waals surface area contributed by atoms with Crippen LogP contribution in [-0.2, 0) is 16.1 Å². The molecule has 0 saturated heterocycles. The van der Waals surface area contributed by atoms with E-state index >= 15 is 0 Å². The lowest BCUT2D eigenvalue weighted by Crippen LogP contribution is -2.23. The van der Waals surface area contributed by atoms with Crippen LogP contribution in [0.25, 0.3) is 0 Å². The molecule has 108 valence electrons. The fourth-order valence-electron chi connectivity index (χ4n) is 2.56. The van der Waals surface area contributed by atoms with Crippen LogP contribution in [0.3, 0.4) is 0 Å². The molecule has 0 radical (unpaired) electrons. The summed E-state index contributed by atoms with van der Waals surface area (Å²) >= 11 is 0. The number of carbonyl (C=O) groups excluding carboxylic acids is 1. The first-order chi connectivity index (χ1) is 10.3. The summed E-state index contributed by atoms with van der Waals surface area (Å²) in [5, 5.41) is 3.42. The Morgan fingerprint density at radius 3 is 2.95 bits per heavy atom. The Hall–Kier alpha value is -2.33. The fourth-order valence-corrected chi connectivity index (χ4v) is 2.56. The summed E-state index contributed by atoms with van der Waals surface area (Å²) in [5.41, 5.74) is 3.85. The molecule has 0 aromatic heterocycles. The number of benzene rings is 2. The normalized spacial score (nSPS) is 16.9. The molecule has 2 aromatic rings. The van der Waals surface area contributed by atoms with Gasteiger partial charge in [-0.2, -0.15) is 0 Å². The molecule has 1 atom stereocenters. The van der Waals surface area contributed by atoms with Gasteiger partial charge in [-0.15, -0.1) is 0 Å². The summed E-state index contributed by atoms with van der Waals surface area (Å²) in [6.45, 7) is 1.26. The van der Waals surface area contributed by atoms with Crippen LogP contribution in [0.15, 0.2) is 48.5 Å². The maximum Gasteiger partial charge on any atom is 0.337 e. The second-order valence-corrected chi connectivity index (χ2v) is 4.98. The van der Waals surface area contributed by atoms with Crippen molar-refractivity contribution in [1.82, 2.24) is 0 Å². The highest BCUT2D eigenvalue weighted by Gasteiger charge is 2.20. The molecule has 21 heavy (non-hydrogen) atoms. The van der Waals surface area contributed by atoms with E-state index in [2.05, 4.69) is 17.4 Å². The van der Waals surface area contributed by atoms with Crippen LogP contribution in [0.5, 0.6) is 0 Å². The first-order valence-corrected chi connectivity index (χ1v) is 6.88. The Bertz CT molecular complexity index is 654. The van der Waals surface area contributed by atoms with Crippen molar-refractivity contribution in [2.75, 3.05) is 19.0 Å². The summed E-state index contributed by atoms with van der Waals surface area (Å²) in [7, 11) is 1.38. The average Bonchev–Trinajstić information content (AvgIpc) is 2.55. The van der Waals surface area contributed by atoms with Crippen LogP contribution < -0.4 is 5.32 Å². The number of anilines is 1. The van der Waals surface area contributed by atoms with Crippen molar-refractivity contribution in [2.45, 2.75) is 12.6 Å². The monoisotopic (exact) mass is 283 g/mol. The van der Waals surface area contributed by atoms with Crippen molar-refractivity contribution < 1.29 is 14.3 Å². The van der Waals surface area contributed by atoms with E-state index < -0.39 is 0 Å². The first kappa shape index (κ1) is 13.6. The van der Waals surface area contributed by atoms with E-state index in [0.717, 1.165) is 5.69 Å². The smallest absolute Gasteiger partial charge is 0.337 e. The van der Waals surface area contributed by atoms with Crippen molar-refractivity contribution in [2.24, 2.45) is 0 Å². The molecule has 1 unspecified atom stereocenters. The van der Waals surface area contributed by atoms with E-state index in [1.54, 1.807) is 12.1 Å². The number of methoxy groups -OCH3 is 1. The minimum Gasteiger partial charge on any atom is -0.465 e. The molecule has 1 aliphatic heterocycles. The van der Waals surface area contributed by atoms with Crippen molar-refractivity contribution >= 4 is 11.7 Å².